The van der Waals surface area contributed by atoms with E-state index in [4.69, 9.17) is 0 Å². The maximum Gasteiger partial charge on any atom is 0.416 e. The SMILES string of the molecule is O=C(Cc1ccccc1)N(CCc1ccc(C(F)(F)F)cc1)c1ccc2c(c1)CCCC2. The molecule has 0 aromatic heterocycles. The lowest BCUT2D eigenvalue weighted by Gasteiger charge is -2.26. The number of halogens is 3. The van der Waals surface area contributed by atoms with Gasteiger partial charge in [0.05, 0.1) is 12.0 Å². The van der Waals surface area contributed by atoms with Crippen LogP contribution in [-0.4, -0.2) is 12.5 Å². The molecular weight excluding hydrogens is 411 g/mol. The standard InChI is InChI=1S/C27H26F3NO/c28-27(29,30)24-13-10-20(11-14-24)16-17-31(26(32)18-21-6-2-1-3-7-21)25-15-12-22-8-4-5-9-23(22)19-25/h1-3,6-7,10-15,19H,4-5,8-9,16-18H2. The molecule has 3 aromatic rings. The van der Waals surface area contributed by atoms with Gasteiger partial charge in [-0.3, -0.25) is 4.79 Å². The Hall–Kier alpha value is -3.08. The van der Waals surface area contributed by atoms with Crippen LogP contribution in [-0.2, 0) is 36.7 Å². The number of amides is 1. The van der Waals surface area contributed by atoms with Crippen molar-refractivity contribution in [3.05, 3.63) is 101 Å². The molecule has 1 amide bonds. The van der Waals surface area contributed by atoms with Crippen LogP contribution in [0.15, 0.2) is 72.8 Å². The van der Waals surface area contributed by atoms with Gasteiger partial charge in [0, 0.05) is 12.2 Å². The average molecular weight is 438 g/mol. The van der Waals surface area contributed by atoms with Crippen molar-refractivity contribution in [2.45, 2.75) is 44.7 Å². The molecule has 0 aliphatic heterocycles. The Balaban J connectivity index is 1.55. The van der Waals surface area contributed by atoms with Crippen molar-refractivity contribution in [2.24, 2.45) is 0 Å². The van der Waals surface area contributed by atoms with E-state index < -0.39 is 11.7 Å². The van der Waals surface area contributed by atoms with Gasteiger partial charge in [0.1, 0.15) is 0 Å². The summed E-state index contributed by atoms with van der Waals surface area (Å²) < 4.78 is 38.6. The van der Waals surface area contributed by atoms with Crippen molar-refractivity contribution >= 4 is 11.6 Å². The van der Waals surface area contributed by atoms with Crippen LogP contribution >= 0.6 is 0 Å². The molecule has 0 bridgehead atoms. The molecule has 1 aliphatic carbocycles. The zero-order valence-corrected chi connectivity index (χ0v) is 17.9. The van der Waals surface area contributed by atoms with Gasteiger partial charge in [-0.15, -0.1) is 0 Å². The quantitative estimate of drug-likeness (QED) is 0.437. The van der Waals surface area contributed by atoms with Crippen molar-refractivity contribution in [1.82, 2.24) is 0 Å². The number of hydrogen-bond acceptors (Lipinski definition) is 1. The van der Waals surface area contributed by atoms with E-state index in [0.717, 1.165) is 48.2 Å². The number of benzene rings is 3. The van der Waals surface area contributed by atoms with Crippen molar-refractivity contribution in [3.63, 3.8) is 0 Å². The Morgan fingerprint density at radius 3 is 2.19 bits per heavy atom. The van der Waals surface area contributed by atoms with Crippen LogP contribution in [0, 0.1) is 0 Å². The van der Waals surface area contributed by atoms with Crippen LogP contribution in [0.4, 0.5) is 18.9 Å². The number of carbonyl (C=O) groups is 1. The highest BCUT2D eigenvalue weighted by Gasteiger charge is 2.30. The molecule has 0 saturated carbocycles. The molecular formula is C27H26F3NO. The third kappa shape index (κ3) is 5.39. The number of anilines is 1. The van der Waals surface area contributed by atoms with Gasteiger partial charge in [0.15, 0.2) is 0 Å². The molecule has 5 heteroatoms. The van der Waals surface area contributed by atoms with E-state index in [-0.39, 0.29) is 12.3 Å². The summed E-state index contributed by atoms with van der Waals surface area (Å²) in [6.07, 6.45) is 0.846. The number of fused-ring (bicyclic) bond motifs is 1. The predicted molar refractivity (Wildman–Crippen MR) is 121 cm³/mol. The predicted octanol–water partition coefficient (Wildman–Crippen LogP) is 6.40. The lowest BCUT2D eigenvalue weighted by atomic mass is 9.91. The lowest BCUT2D eigenvalue weighted by Crippen LogP contribution is -2.34. The third-order valence-electron chi connectivity index (χ3n) is 6.05. The number of hydrogen-bond donors (Lipinski definition) is 0. The minimum Gasteiger partial charge on any atom is -0.312 e. The van der Waals surface area contributed by atoms with Crippen molar-refractivity contribution in [3.8, 4) is 0 Å². The zero-order chi connectivity index (χ0) is 22.6. The fourth-order valence-electron chi connectivity index (χ4n) is 4.25. The van der Waals surface area contributed by atoms with Gasteiger partial charge < -0.3 is 4.90 Å². The van der Waals surface area contributed by atoms with Crippen molar-refractivity contribution in [1.29, 1.82) is 0 Å². The Morgan fingerprint density at radius 1 is 0.812 bits per heavy atom. The maximum atomic E-state index is 13.3. The molecule has 0 fully saturated rings. The first-order chi connectivity index (χ1) is 15.4. The number of rotatable bonds is 6. The normalized spacial score (nSPS) is 13.5. The highest BCUT2D eigenvalue weighted by molar-refractivity contribution is 5.95. The molecule has 0 atom stereocenters. The van der Waals surface area contributed by atoms with Crippen LogP contribution in [0.1, 0.15) is 40.7 Å². The van der Waals surface area contributed by atoms with Crippen LogP contribution in [0.5, 0.6) is 0 Å². The molecule has 2 nitrogen and oxygen atoms in total. The second-order valence-corrected chi connectivity index (χ2v) is 8.31. The Morgan fingerprint density at radius 2 is 1.50 bits per heavy atom. The fraction of sp³-hybridized carbons (Fsp3) is 0.296. The molecule has 0 N–H and O–H groups in total. The summed E-state index contributed by atoms with van der Waals surface area (Å²) in [5.41, 5.74) is 4.55. The van der Waals surface area contributed by atoms with Gasteiger partial charge in [-0.25, -0.2) is 0 Å². The number of aryl methyl sites for hydroxylation is 2. The lowest BCUT2D eigenvalue weighted by molar-refractivity contribution is -0.137. The molecule has 4 rings (SSSR count). The minimum absolute atomic E-state index is 0.0149. The molecule has 1 aliphatic rings. The zero-order valence-electron chi connectivity index (χ0n) is 17.9. The first-order valence-electron chi connectivity index (χ1n) is 11.0. The van der Waals surface area contributed by atoms with Gasteiger partial charge in [-0.2, -0.15) is 13.2 Å². The monoisotopic (exact) mass is 437 g/mol. The highest BCUT2D eigenvalue weighted by Crippen LogP contribution is 2.30. The van der Waals surface area contributed by atoms with Crippen LogP contribution in [0.25, 0.3) is 0 Å². The molecule has 0 saturated heterocycles. The Kier molecular flexibility index (Phi) is 6.63. The van der Waals surface area contributed by atoms with Gasteiger partial charge in [0.25, 0.3) is 0 Å². The average Bonchev–Trinajstić information content (AvgIpc) is 2.79. The number of nitrogens with zero attached hydrogens (tertiary/aromatic N) is 1. The van der Waals surface area contributed by atoms with Gasteiger partial charge in [-0.05, 0) is 78.6 Å². The van der Waals surface area contributed by atoms with Crippen LogP contribution in [0.2, 0.25) is 0 Å². The van der Waals surface area contributed by atoms with Gasteiger partial charge in [0.2, 0.25) is 5.91 Å². The van der Waals surface area contributed by atoms with Gasteiger partial charge >= 0.3 is 6.18 Å². The van der Waals surface area contributed by atoms with Gasteiger partial charge in [-0.1, -0.05) is 48.5 Å². The summed E-state index contributed by atoms with van der Waals surface area (Å²) >= 11 is 0. The second kappa shape index (κ2) is 9.60. The fourth-order valence-corrected chi connectivity index (χ4v) is 4.25. The van der Waals surface area contributed by atoms with E-state index >= 15 is 0 Å². The van der Waals surface area contributed by atoms with E-state index in [1.165, 1.54) is 29.7 Å². The highest BCUT2D eigenvalue weighted by atomic mass is 19.4. The van der Waals surface area contributed by atoms with Crippen LogP contribution in [0.3, 0.4) is 0 Å². The summed E-state index contributed by atoms with van der Waals surface area (Å²) in [5.74, 6) is -0.0149. The first-order valence-corrected chi connectivity index (χ1v) is 11.0. The summed E-state index contributed by atoms with van der Waals surface area (Å²) in [7, 11) is 0. The molecule has 0 radical (unpaired) electrons. The summed E-state index contributed by atoms with van der Waals surface area (Å²) in [4.78, 5) is 15.0. The van der Waals surface area contributed by atoms with E-state index in [0.29, 0.717) is 13.0 Å². The Bertz CT molecular complexity index is 1060. The smallest absolute Gasteiger partial charge is 0.312 e. The summed E-state index contributed by atoms with van der Waals surface area (Å²) in [5, 5.41) is 0. The van der Waals surface area contributed by atoms with Crippen molar-refractivity contribution in [2.75, 3.05) is 11.4 Å². The van der Waals surface area contributed by atoms with Crippen LogP contribution < -0.4 is 4.90 Å². The molecule has 0 spiro atoms. The van der Waals surface area contributed by atoms with E-state index in [9.17, 15) is 18.0 Å². The molecule has 166 valence electrons. The number of alkyl halides is 3. The molecule has 0 unspecified atom stereocenters. The largest absolute Gasteiger partial charge is 0.416 e. The van der Waals surface area contributed by atoms with E-state index in [1.54, 1.807) is 4.90 Å². The molecule has 32 heavy (non-hydrogen) atoms. The topological polar surface area (TPSA) is 20.3 Å². The van der Waals surface area contributed by atoms with E-state index in [2.05, 4.69) is 12.1 Å². The minimum atomic E-state index is -4.35. The number of carbonyl (C=O) groups excluding carboxylic acids is 1. The summed E-state index contributed by atoms with van der Waals surface area (Å²) in [6.45, 7) is 0.413. The maximum absolute atomic E-state index is 13.3. The van der Waals surface area contributed by atoms with E-state index in [1.807, 2.05) is 36.4 Å². The molecule has 0 heterocycles. The second-order valence-electron chi connectivity index (χ2n) is 8.31. The molecule has 3 aromatic carbocycles. The first kappa shape index (κ1) is 22.1. The Labute approximate surface area is 186 Å². The van der Waals surface area contributed by atoms with Crippen molar-refractivity contribution < 1.29 is 18.0 Å². The third-order valence-corrected chi connectivity index (χ3v) is 6.05. The summed E-state index contributed by atoms with van der Waals surface area (Å²) in [6, 6.07) is 21.0.